The van der Waals surface area contributed by atoms with Gasteiger partial charge >= 0.3 is 0 Å². The molecule has 0 atom stereocenters. The van der Waals surface area contributed by atoms with E-state index in [0.717, 1.165) is 0 Å². The molecule has 0 radical (unpaired) electrons. The van der Waals surface area contributed by atoms with Gasteiger partial charge in [0.15, 0.2) is 0 Å². The summed E-state index contributed by atoms with van der Waals surface area (Å²) in [5.41, 5.74) is 0. The van der Waals surface area contributed by atoms with E-state index in [1.54, 1.807) is 8.71 Å². The van der Waals surface area contributed by atoms with Gasteiger partial charge in [0.1, 0.15) is 0 Å². The van der Waals surface area contributed by atoms with E-state index in [0.29, 0.717) is 0 Å². The molecule has 2 nitrogen and oxygen atoms in total. The van der Waals surface area contributed by atoms with E-state index in [1.165, 1.54) is 0 Å². The molecule has 0 heterocycles. The summed E-state index contributed by atoms with van der Waals surface area (Å²) in [5, 5.41) is 0. The van der Waals surface area contributed by atoms with Crippen LogP contribution in [0.15, 0.2) is 0 Å². The zero-order valence-corrected chi connectivity index (χ0v) is 7.41. The number of hydrogen-bond acceptors (Lipinski definition) is 2. The van der Waals surface area contributed by atoms with Gasteiger partial charge in [-0.3, -0.25) is 0 Å². The Balaban J connectivity index is -0.0000000400. The third kappa shape index (κ3) is 84.1. The first-order chi connectivity index (χ1) is 2.83. The number of rotatable bonds is 0. The van der Waals surface area contributed by atoms with Crippen LogP contribution in [-0.4, -0.2) is 0 Å². The van der Waals surface area contributed by atoms with Crippen molar-refractivity contribution in [2.24, 2.45) is 0 Å². The first kappa shape index (κ1) is 15.9. The van der Waals surface area contributed by atoms with Gasteiger partial charge in [0, 0.05) is 20.4 Å². The number of hydrogen-bond donors (Lipinski definition) is 2. The average Bonchev–Trinajstić information content (AvgIpc) is 1.39. The SMILES string of the molecule is ClNCl.ClNCl.[Pd]. The third-order valence-corrected chi connectivity index (χ3v) is 0. The second-order valence-corrected chi connectivity index (χ2v) is 1.29. The van der Waals surface area contributed by atoms with Gasteiger partial charge in [0.05, 0.1) is 0 Å². The van der Waals surface area contributed by atoms with Gasteiger partial charge in [-0.2, -0.15) is 0 Å². The van der Waals surface area contributed by atoms with Crippen LogP contribution in [0.4, 0.5) is 0 Å². The summed E-state index contributed by atoms with van der Waals surface area (Å²) < 4.78 is 3.39. The summed E-state index contributed by atoms with van der Waals surface area (Å²) in [5.74, 6) is 0. The molecule has 0 aliphatic carbocycles. The molecule has 0 aromatic carbocycles. The molecule has 0 saturated carbocycles. The zero-order chi connectivity index (χ0) is 5.41. The fourth-order valence-corrected chi connectivity index (χ4v) is 0. The van der Waals surface area contributed by atoms with Gasteiger partial charge in [0.2, 0.25) is 0 Å². The fraction of sp³-hybridized carbons (Fsp3) is 0. The van der Waals surface area contributed by atoms with E-state index in [1.807, 2.05) is 0 Å². The summed E-state index contributed by atoms with van der Waals surface area (Å²) in [6.45, 7) is 0. The Labute approximate surface area is 75.9 Å². The van der Waals surface area contributed by atoms with Crippen molar-refractivity contribution in [3.63, 3.8) is 0 Å². The quantitative estimate of drug-likeness (QED) is 0.521. The molecule has 50 valence electrons. The Hall–Kier alpha value is 1.74. The molecule has 0 fully saturated rings. The smallest absolute Gasteiger partial charge is 0 e. The van der Waals surface area contributed by atoms with Crippen LogP contribution in [0.2, 0.25) is 0 Å². The first-order valence-corrected chi connectivity index (χ1v) is 2.27. The maximum Gasteiger partial charge on any atom is 0 e. The van der Waals surface area contributed by atoms with E-state index >= 15 is 0 Å². The van der Waals surface area contributed by atoms with Crippen molar-refractivity contribution < 1.29 is 20.4 Å². The molecule has 0 bridgehead atoms. The van der Waals surface area contributed by atoms with Crippen LogP contribution in [0.1, 0.15) is 0 Å². The van der Waals surface area contributed by atoms with E-state index in [2.05, 4.69) is 47.1 Å². The van der Waals surface area contributed by atoms with Gasteiger partial charge < -0.3 is 0 Å². The van der Waals surface area contributed by atoms with E-state index in [9.17, 15) is 0 Å². The minimum Gasteiger partial charge on any atom is -0.145 e. The van der Waals surface area contributed by atoms with E-state index in [-0.39, 0.29) is 20.4 Å². The predicted molar refractivity (Wildman–Crippen MR) is 29.7 cm³/mol. The molecule has 7 heavy (non-hydrogen) atoms. The summed E-state index contributed by atoms with van der Waals surface area (Å²) in [6.07, 6.45) is 0. The Morgan fingerprint density at radius 1 is 0.714 bits per heavy atom. The van der Waals surface area contributed by atoms with Crippen molar-refractivity contribution in [2.45, 2.75) is 0 Å². The van der Waals surface area contributed by atoms with Crippen molar-refractivity contribution in [3.05, 3.63) is 0 Å². The minimum atomic E-state index is 0. The van der Waals surface area contributed by atoms with Crippen LogP contribution < -0.4 is 8.71 Å². The molecular weight excluding hydrogens is 276 g/mol. The molecule has 7 heteroatoms. The molecule has 0 aromatic heterocycles. The second kappa shape index (κ2) is 25.1. The molecule has 0 rings (SSSR count). The largest absolute Gasteiger partial charge is 0.145 e. The van der Waals surface area contributed by atoms with Gasteiger partial charge in [-0.15, -0.1) is 8.71 Å². The van der Waals surface area contributed by atoms with Crippen LogP contribution in [0.25, 0.3) is 0 Å². The standard InChI is InChI=1S/2Cl2HN.Pd/c2*1-3-2;/h2*3H;. The van der Waals surface area contributed by atoms with E-state index in [4.69, 9.17) is 0 Å². The Morgan fingerprint density at radius 2 is 0.714 bits per heavy atom. The fourth-order valence-electron chi connectivity index (χ4n) is 0. The number of halogens is 4. The van der Waals surface area contributed by atoms with Crippen LogP contribution in [0.5, 0.6) is 0 Å². The molecule has 0 saturated heterocycles. The van der Waals surface area contributed by atoms with E-state index < -0.39 is 0 Å². The molecule has 0 spiro atoms. The van der Waals surface area contributed by atoms with Crippen molar-refractivity contribution in [1.29, 1.82) is 0 Å². The van der Waals surface area contributed by atoms with Gasteiger partial charge in [-0.1, -0.05) is 0 Å². The Kier molecular flexibility index (Phi) is 57.1. The maximum atomic E-state index is 4.51. The predicted octanol–water partition coefficient (Wildman–Crippen LogP) is 1.76. The van der Waals surface area contributed by atoms with Crippen molar-refractivity contribution in [3.8, 4) is 0 Å². The Morgan fingerprint density at radius 3 is 0.714 bits per heavy atom. The first-order valence-electron chi connectivity index (χ1n) is 0.756. The molecule has 0 aliphatic rings. The van der Waals surface area contributed by atoms with Crippen molar-refractivity contribution in [1.82, 2.24) is 8.71 Å². The molecular formula is H2Cl4N2Pd. The third-order valence-electron chi connectivity index (χ3n) is 0. The number of nitrogens with one attached hydrogen (secondary N) is 2. The van der Waals surface area contributed by atoms with Crippen molar-refractivity contribution in [2.75, 3.05) is 0 Å². The zero-order valence-electron chi connectivity index (χ0n) is 2.83. The normalized spacial score (nSPS) is 5.14. The topological polar surface area (TPSA) is 24.1 Å². The second-order valence-electron chi connectivity index (χ2n) is 0.143. The molecule has 0 amide bonds. The average molecular weight is 278 g/mol. The molecule has 2 N–H and O–H groups in total. The van der Waals surface area contributed by atoms with Crippen LogP contribution >= 0.6 is 47.1 Å². The van der Waals surface area contributed by atoms with Crippen molar-refractivity contribution >= 4 is 47.1 Å². The molecule has 0 aromatic rings. The maximum absolute atomic E-state index is 4.51. The summed E-state index contributed by atoms with van der Waals surface area (Å²) >= 11 is 18.1. The van der Waals surface area contributed by atoms with Crippen LogP contribution in [0, 0.1) is 0 Å². The van der Waals surface area contributed by atoms with Gasteiger partial charge in [-0.05, 0) is 47.1 Å². The van der Waals surface area contributed by atoms with Crippen LogP contribution in [0.3, 0.4) is 0 Å². The minimum absolute atomic E-state index is 0. The van der Waals surface area contributed by atoms with Gasteiger partial charge in [-0.25, -0.2) is 0 Å². The Bertz CT molecular complexity index is 11.7. The monoisotopic (exact) mass is 276 g/mol. The summed E-state index contributed by atoms with van der Waals surface area (Å²) in [4.78, 5) is 0. The van der Waals surface area contributed by atoms with Crippen LogP contribution in [-0.2, 0) is 20.4 Å². The van der Waals surface area contributed by atoms with Gasteiger partial charge in [0.25, 0.3) is 0 Å². The summed E-state index contributed by atoms with van der Waals surface area (Å²) in [6, 6.07) is 0. The molecule has 0 unspecified atom stereocenters. The molecule has 0 aliphatic heterocycles. The summed E-state index contributed by atoms with van der Waals surface area (Å²) in [7, 11) is 0.